The number of halogens is 3. The van der Waals surface area contributed by atoms with Crippen molar-refractivity contribution in [3.8, 4) is 5.75 Å². The van der Waals surface area contributed by atoms with Crippen LogP contribution in [0.2, 0.25) is 10.0 Å². The zero-order chi connectivity index (χ0) is 15.9. The summed E-state index contributed by atoms with van der Waals surface area (Å²) in [7, 11) is 0. The van der Waals surface area contributed by atoms with Gasteiger partial charge in [0, 0.05) is 17.6 Å². The Morgan fingerprint density at radius 1 is 1.14 bits per heavy atom. The molecule has 1 N–H and O–H groups in total. The molecule has 0 atom stereocenters. The van der Waals surface area contributed by atoms with E-state index in [1.54, 1.807) is 12.1 Å². The van der Waals surface area contributed by atoms with Crippen molar-refractivity contribution in [1.29, 1.82) is 0 Å². The molecular weight excluding hydrogens is 328 g/mol. The molecule has 2 aromatic carbocycles. The van der Waals surface area contributed by atoms with Gasteiger partial charge in [-0.3, -0.25) is 4.79 Å². The number of benzene rings is 2. The molecule has 0 saturated carbocycles. The molecule has 0 unspecified atom stereocenters. The van der Waals surface area contributed by atoms with Gasteiger partial charge in [-0.15, -0.1) is 0 Å². The number of hydrogen-bond donors (Lipinski definition) is 1. The lowest BCUT2D eigenvalue weighted by atomic mass is 10.1. The predicted molar refractivity (Wildman–Crippen MR) is 85.1 cm³/mol. The van der Waals surface area contributed by atoms with Crippen LogP contribution in [0.1, 0.15) is 5.56 Å². The lowest BCUT2D eigenvalue weighted by molar-refractivity contribution is -0.123. The van der Waals surface area contributed by atoms with Crippen LogP contribution in [0.4, 0.5) is 4.39 Å². The summed E-state index contributed by atoms with van der Waals surface area (Å²) in [4.78, 5) is 11.6. The Bertz CT molecular complexity index is 647. The Kier molecular flexibility index (Phi) is 6.04. The second-order valence-electron chi connectivity index (χ2n) is 4.59. The van der Waals surface area contributed by atoms with Crippen molar-refractivity contribution in [2.75, 3.05) is 13.2 Å². The van der Waals surface area contributed by atoms with Gasteiger partial charge in [0.15, 0.2) is 6.61 Å². The summed E-state index contributed by atoms with van der Waals surface area (Å²) in [6.45, 7) is 0.344. The molecule has 2 aromatic rings. The SMILES string of the molecule is O=C(COc1ccc(F)c(Cl)c1)NCCc1ccc(Cl)cc1. The van der Waals surface area contributed by atoms with Crippen LogP contribution in [-0.4, -0.2) is 19.1 Å². The highest BCUT2D eigenvalue weighted by atomic mass is 35.5. The molecule has 0 saturated heterocycles. The molecule has 116 valence electrons. The molecular formula is C16H14Cl2FNO2. The van der Waals surface area contributed by atoms with E-state index in [1.807, 2.05) is 12.1 Å². The van der Waals surface area contributed by atoms with E-state index in [4.69, 9.17) is 27.9 Å². The lowest BCUT2D eigenvalue weighted by Gasteiger charge is -2.08. The van der Waals surface area contributed by atoms with Crippen molar-refractivity contribution < 1.29 is 13.9 Å². The molecule has 3 nitrogen and oxygen atoms in total. The molecule has 0 spiro atoms. The lowest BCUT2D eigenvalue weighted by Crippen LogP contribution is -2.30. The highest BCUT2D eigenvalue weighted by molar-refractivity contribution is 6.31. The molecule has 0 aliphatic heterocycles. The van der Waals surface area contributed by atoms with Gasteiger partial charge in [-0.1, -0.05) is 35.3 Å². The topological polar surface area (TPSA) is 38.3 Å². The van der Waals surface area contributed by atoms with E-state index in [-0.39, 0.29) is 17.5 Å². The largest absolute Gasteiger partial charge is 0.484 e. The number of carbonyl (C=O) groups excluding carboxylic acids is 1. The van der Waals surface area contributed by atoms with Crippen LogP contribution in [0.25, 0.3) is 0 Å². The predicted octanol–water partition coefficient (Wildman–Crippen LogP) is 3.87. The summed E-state index contributed by atoms with van der Waals surface area (Å²) in [6, 6.07) is 11.4. The van der Waals surface area contributed by atoms with Gasteiger partial charge in [-0.05, 0) is 36.2 Å². The second kappa shape index (κ2) is 8.01. The molecule has 0 aliphatic rings. The van der Waals surface area contributed by atoms with Gasteiger partial charge in [0.25, 0.3) is 5.91 Å². The molecule has 0 aliphatic carbocycles. The van der Waals surface area contributed by atoms with E-state index in [9.17, 15) is 9.18 Å². The van der Waals surface area contributed by atoms with Gasteiger partial charge < -0.3 is 10.1 Å². The van der Waals surface area contributed by atoms with Crippen LogP contribution >= 0.6 is 23.2 Å². The van der Waals surface area contributed by atoms with E-state index in [0.717, 1.165) is 5.56 Å². The van der Waals surface area contributed by atoms with Gasteiger partial charge in [0.05, 0.1) is 5.02 Å². The molecule has 1 amide bonds. The maximum atomic E-state index is 13.0. The maximum Gasteiger partial charge on any atom is 0.257 e. The van der Waals surface area contributed by atoms with Gasteiger partial charge in [-0.2, -0.15) is 0 Å². The summed E-state index contributed by atoms with van der Waals surface area (Å²) in [6.07, 6.45) is 0.700. The van der Waals surface area contributed by atoms with Crippen molar-refractivity contribution in [3.05, 3.63) is 63.9 Å². The fourth-order valence-corrected chi connectivity index (χ4v) is 2.06. The molecule has 2 rings (SSSR count). The Morgan fingerprint density at radius 2 is 1.86 bits per heavy atom. The average molecular weight is 342 g/mol. The molecule has 22 heavy (non-hydrogen) atoms. The Balaban J connectivity index is 1.71. The molecule has 0 radical (unpaired) electrons. The third-order valence-electron chi connectivity index (χ3n) is 2.91. The monoisotopic (exact) mass is 341 g/mol. The fraction of sp³-hybridized carbons (Fsp3) is 0.188. The third-order valence-corrected chi connectivity index (χ3v) is 3.45. The zero-order valence-electron chi connectivity index (χ0n) is 11.6. The summed E-state index contributed by atoms with van der Waals surface area (Å²) >= 11 is 11.4. The first-order chi connectivity index (χ1) is 10.5. The Labute approximate surface area is 138 Å². The van der Waals surface area contributed by atoms with E-state index >= 15 is 0 Å². The molecule has 0 aromatic heterocycles. The van der Waals surface area contributed by atoms with Crippen LogP contribution in [0.5, 0.6) is 5.75 Å². The Hall–Kier alpha value is -1.78. The maximum absolute atomic E-state index is 13.0. The van der Waals surface area contributed by atoms with E-state index in [1.165, 1.54) is 18.2 Å². The van der Waals surface area contributed by atoms with Gasteiger partial charge in [-0.25, -0.2) is 4.39 Å². The summed E-state index contributed by atoms with van der Waals surface area (Å²) in [5.74, 6) is -0.435. The Morgan fingerprint density at radius 3 is 2.55 bits per heavy atom. The quantitative estimate of drug-likeness (QED) is 0.866. The van der Waals surface area contributed by atoms with Crippen LogP contribution in [-0.2, 0) is 11.2 Å². The zero-order valence-corrected chi connectivity index (χ0v) is 13.1. The third kappa shape index (κ3) is 5.20. The van der Waals surface area contributed by atoms with Crippen molar-refractivity contribution in [2.24, 2.45) is 0 Å². The van der Waals surface area contributed by atoms with E-state index in [2.05, 4.69) is 5.32 Å². The highest BCUT2D eigenvalue weighted by Gasteiger charge is 2.05. The second-order valence-corrected chi connectivity index (χ2v) is 5.43. The van der Waals surface area contributed by atoms with E-state index < -0.39 is 5.82 Å². The first-order valence-corrected chi connectivity index (χ1v) is 7.39. The van der Waals surface area contributed by atoms with Crippen molar-refractivity contribution in [3.63, 3.8) is 0 Å². The normalized spacial score (nSPS) is 10.3. The van der Waals surface area contributed by atoms with Crippen LogP contribution < -0.4 is 10.1 Å². The van der Waals surface area contributed by atoms with Crippen molar-refractivity contribution in [1.82, 2.24) is 5.32 Å². The standard InChI is InChI=1S/C16H14Cl2FNO2/c17-12-3-1-11(2-4-12)7-8-20-16(21)10-22-13-5-6-15(19)14(18)9-13/h1-6,9H,7-8,10H2,(H,20,21). The number of carbonyl (C=O) groups is 1. The summed E-state index contributed by atoms with van der Waals surface area (Å²) in [5, 5.41) is 3.38. The minimum absolute atomic E-state index is 0.0411. The molecule has 6 heteroatoms. The number of ether oxygens (including phenoxy) is 1. The van der Waals surface area contributed by atoms with Crippen LogP contribution in [0, 0.1) is 5.82 Å². The summed E-state index contributed by atoms with van der Waals surface area (Å²) < 4.78 is 18.2. The molecule has 0 heterocycles. The summed E-state index contributed by atoms with van der Waals surface area (Å²) in [5.41, 5.74) is 1.08. The molecule has 0 fully saturated rings. The smallest absolute Gasteiger partial charge is 0.257 e. The average Bonchev–Trinajstić information content (AvgIpc) is 2.50. The number of amides is 1. The number of rotatable bonds is 6. The van der Waals surface area contributed by atoms with Crippen molar-refractivity contribution in [2.45, 2.75) is 6.42 Å². The number of hydrogen-bond acceptors (Lipinski definition) is 2. The molecule has 0 bridgehead atoms. The van der Waals surface area contributed by atoms with Gasteiger partial charge in [0.1, 0.15) is 11.6 Å². The van der Waals surface area contributed by atoms with Crippen molar-refractivity contribution >= 4 is 29.1 Å². The minimum atomic E-state index is -0.526. The van der Waals surface area contributed by atoms with Crippen LogP contribution in [0.15, 0.2) is 42.5 Å². The van der Waals surface area contributed by atoms with Gasteiger partial charge in [0.2, 0.25) is 0 Å². The first-order valence-electron chi connectivity index (χ1n) is 6.63. The first kappa shape index (κ1) is 16.6. The fourth-order valence-electron chi connectivity index (χ4n) is 1.76. The van der Waals surface area contributed by atoms with Crippen LogP contribution in [0.3, 0.4) is 0 Å². The minimum Gasteiger partial charge on any atom is -0.484 e. The van der Waals surface area contributed by atoms with E-state index in [0.29, 0.717) is 23.7 Å². The number of nitrogens with one attached hydrogen (secondary N) is 1. The van der Waals surface area contributed by atoms with Gasteiger partial charge >= 0.3 is 0 Å². The highest BCUT2D eigenvalue weighted by Crippen LogP contribution is 2.20.